The van der Waals surface area contributed by atoms with Gasteiger partial charge in [0, 0.05) is 30.3 Å². The molecule has 6 heteroatoms. The molecule has 0 aromatic heterocycles. The standard InChI is InChI=1S/C19H22N2O4/c1-25-19-8-7-14(12-20-9-3-6-17(20)13-22)10-18(19)15-4-2-5-16(11-15)21(23)24/h2,4-5,7-8,10-11,17,22H,3,6,9,12-13H2,1H3. The predicted molar refractivity (Wildman–Crippen MR) is 95.6 cm³/mol. The molecule has 2 aromatic rings. The molecule has 3 rings (SSSR count). The smallest absolute Gasteiger partial charge is 0.270 e. The molecule has 1 saturated heterocycles. The molecular formula is C19H22N2O4. The minimum Gasteiger partial charge on any atom is -0.496 e. The fraction of sp³-hybridized carbons (Fsp3) is 0.368. The van der Waals surface area contributed by atoms with E-state index in [2.05, 4.69) is 4.90 Å². The molecule has 1 fully saturated rings. The van der Waals surface area contributed by atoms with Gasteiger partial charge in [0.15, 0.2) is 0 Å². The Hall–Kier alpha value is -2.44. The average Bonchev–Trinajstić information content (AvgIpc) is 3.09. The second-order valence-corrected chi connectivity index (χ2v) is 6.29. The fourth-order valence-electron chi connectivity index (χ4n) is 3.41. The van der Waals surface area contributed by atoms with E-state index in [1.54, 1.807) is 19.2 Å². The van der Waals surface area contributed by atoms with E-state index in [-0.39, 0.29) is 18.3 Å². The molecule has 0 aliphatic carbocycles. The van der Waals surface area contributed by atoms with Crippen molar-refractivity contribution in [2.75, 3.05) is 20.3 Å². The number of benzene rings is 2. The summed E-state index contributed by atoms with van der Waals surface area (Å²) in [5, 5.41) is 20.5. The van der Waals surface area contributed by atoms with Gasteiger partial charge in [0.25, 0.3) is 5.69 Å². The lowest BCUT2D eigenvalue weighted by atomic mass is 10.0. The van der Waals surface area contributed by atoms with Crippen LogP contribution in [-0.2, 0) is 6.54 Å². The SMILES string of the molecule is COc1ccc(CN2CCCC2CO)cc1-c1cccc([N+](=O)[O-])c1. The third-order valence-electron chi connectivity index (χ3n) is 4.73. The first-order chi connectivity index (χ1) is 12.1. The quantitative estimate of drug-likeness (QED) is 0.644. The van der Waals surface area contributed by atoms with E-state index in [0.29, 0.717) is 5.75 Å². The number of ether oxygens (including phenoxy) is 1. The van der Waals surface area contributed by atoms with Crippen molar-refractivity contribution in [3.05, 3.63) is 58.1 Å². The third-order valence-corrected chi connectivity index (χ3v) is 4.73. The summed E-state index contributed by atoms with van der Waals surface area (Å²) in [6.45, 7) is 1.90. The predicted octanol–water partition coefficient (Wildman–Crippen LogP) is 3.23. The summed E-state index contributed by atoms with van der Waals surface area (Å²) in [6.07, 6.45) is 2.11. The Labute approximate surface area is 146 Å². The maximum absolute atomic E-state index is 11.0. The topological polar surface area (TPSA) is 75.8 Å². The highest BCUT2D eigenvalue weighted by atomic mass is 16.6. The highest BCUT2D eigenvalue weighted by Gasteiger charge is 2.24. The first-order valence-corrected chi connectivity index (χ1v) is 8.39. The van der Waals surface area contributed by atoms with Crippen molar-refractivity contribution in [2.24, 2.45) is 0 Å². The van der Waals surface area contributed by atoms with Gasteiger partial charge in [-0.3, -0.25) is 15.0 Å². The summed E-state index contributed by atoms with van der Waals surface area (Å²) in [5.41, 5.74) is 2.75. The number of aliphatic hydroxyl groups is 1. The van der Waals surface area contributed by atoms with Crippen LogP contribution in [0.5, 0.6) is 5.75 Å². The van der Waals surface area contributed by atoms with Gasteiger partial charge in [0.2, 0.25) is 0 Å². The number of hydrogen-bond donors (Lipinski definition) is 1. The number of nitrogens with zero attached hydrogens (tertiary/aromatic N) is 2. The lowest BCUT2D eigenvalue weighted by molar-refractivity contribution is -0.384. The van der Waals surface area contributed by atoms with Gasteiger partial charge in [-0.2, -0.15) is 0 Å². The van der Waals surface area contributed by atoms with Crippen LogP contribution in [0.2, 0.25) is 0 Å². The van der Waals surface area contributed by atoms with Gasteiger partial charge in [-0.25, -0.2) is 0 Å². The molecule has 0 spiro atoms. The van der Waals surface area contributed by atoms with Crippen LogP contribution in [0.4, 0.5) is 5.69 Å². The van der Waals surface area contributed by atoms with Gasteiger partial charge in [-0.15, -0.1) is 0 Å². The minimum atomic E-state index is -0.393. The van der Waals surface area contributed by atoms with Crippen LogP contribution in [0.1, 0.15) is 18.4 Å². The number of methoxy groups -OCH3 is 1. The van der Waals surface area contributed by atoms with Crippen LogP contribution in [0.3, 0.4) is 0 Å². The Kier molecular flexibility index (Phi) is 5.31. The largest absolute Gasteiger partial charge is 0.496 e. The second kappa shape index (κ2) is 7.63. The summed E-state index contributed by atoms with van der Waals surface area (Å²) in [4.78, 5) is 12.9. The van der Waals surface area contributed by atoms with Crippen LogP contribution in [0, 0.1) is 10.1 Å². The molecule has 1 unspecified atom stereocenters. The Balaban J connectivity index is 1.93. The Morgan fingerprint density at radius 1 is 1.32 bits per heavy atom. The number of non-ortho nitro benzene ring substituents is 1. The molecule has 132 valence electrons. The molecule has 0 saturated carbocycles. The minimum absolute atomic E-state index is 0.0600. The maximum Gasteiger partial charge on any atom is 0.270 e. The van der Waals surface area contributed by atoms with E-state index in [1.165, 1.54) is 6.07 Å². The third kappa shape index (κ3) is 3.81. The van der Waals surface area contributed by atoms with Crippen molar-refractivity contribution < 1.29 is 14.8 Å². The van der Waals surface area contributed by atoms with Crippen molar-refractivity contribution in [3.63, 3.8) is 0 Å². The summed E-state index contributed by atoms with van der Waals surface area (Å²) >= 11 is 0. The first kappa shape index (κ1) is 17.4. The van der Waals surface area contributed by atoms with Crippen LogP contribution >= 0.6 is 0 Å². The summed E-state index contributed by atoms with van der Waals surface area (Å²) in [6, 6.07) is 12.7. The molecule has 2 aromatic carbocycles. The number of hydrogen-bond acceptors (Lipinski definition) is 5. The molecule has 1 aliphatic rings. The van der Waals surface area contributed by atoms with E-state index in [0.717, 1.165) is 42.6 Å². The lowest BCUT2D eigenvalue weighted by Crippen LogP contribution is -2.31. The number of nitro groups is 1. The zero-order valence-electron chi connectivity index (χ0n) is 14.2. The van der Waals surface area contributed by atoms with Crippen molar-refractivity contribution >= 4 is 5.69 Å². The van der Waals surface area contributed by atoms with Gasteiger partial charge < -0.3 is 9.84 Å². The summed E-state index contributed by atoms with van der Waals surface area (Å²) in [5.74, 6) is 0.685. The Morgan fingerprint density at radius 2 is 2.16 bits per heavy atom. The second-order valence-electron chi connectivity index (χ2n) is 6.29. The normalized spacial score (nSPS) is 17.6. The number of nitro benzene ring substituents is 1. The maximum atomic E-state index is 11.0. The molecule has 1 aliphatic heterocycles. The molecule has 1 heterocycles. The molecule has 1 atom stereocenters. The van der Waals surface area contributed by atoms with Gasteiger partial charge in [-0.1, -0.05) is 18.2 Å². The van der Waals surface area contributed by atoms with E-state index in [9.17, 15) is 15.2 Å². The molecule has 0 amide bonds. The first-order valence-electron chi connectivity index (χ1n) is 8.39. The van der Waals surface area contributed by atoms with Gasteiger partial charge in [0.1, 0.15) is 5.75 Å². The van der Waals surface area contributed by atoms with E-state index < -0.39 is 4.92 Å². The van der Waals surface area contributed by atoms with Crippen molar-refractivity contribution in [2.45, 2.75) is 25.4 Å². The molecule has 25 heavy (non-hydrogen) atoms. The zero-order valence-corrected chi connectivity index (χ0v) is 14.2. The Morgan fingerprint density at radius 3 is 2.88 bits per heavy atom. The highest BCUT2D eigenvalue weighted by molar-refractivity contribution is 5.73. The number of aliphatic hydroxyl groups excluding tert-OH is 1. The zero-order chi connectivity index (χ0) is 17.8. The van der Waals surface area contributed by atoms with Gasteiger partial charge in [-0.05, 0) is 42.6 Å². The lowest BCUT2D eigenvalue weighted by Gasteiger charge is -2.23. The van der Waals surface area contributed by atoms with E-state index >= 15 is 0 Å². The number of likely N-dealkylation sites (tertiary alicyclic amines) is 1. The van der Waals surface area contributed by atoms with Crippen molar-refractivity contribution in [3.8, 4) is 16.9 Å². The van der Waals surface area contributed by atoms with Gasteiger partial charge in [0.05, 0.1) is 18.6 Å². The summed E-state index contributed by atoms with van der Waals surface area (Å²) < 4.78 is 5.44. The molecular weight excluding hydrogens is 320 g/mol. The molecule has 6 nitrogen and oxygen atoms in total. The van der Waals surface area contributed by atoms with Crippen molar-refractivity contribution in [1.82, 2.24) is 4.90 Å². The van der Waals surface area contributed by atoms with E-state index in [4.69, 9.17) is 4.74 Å². The van der Waals surface area contributed by atoms with Crippen molar-refractivity contribution in [1.29, 1.82) is 0 Å². The summed E-state index contributed by atoms with van der Waals surface area (Å²) in [7, 11) is 1.60. The average molecular weight is 342 g/mol. The molecule has 0 bridgehead atoms. The fourth-order valence-corrected chi connectivity index (χ4v) is 3.41. The van der Waals surface area contributed by atoms with Crippen LogP contribution < -0.4 is 4.74 Å². The molecule has 0 radical (unpaired) electrons. The Bertz CT molecular complexity index is 763. The molecule has 1 N–H and O–H groups in total. The van der Waals surface area contributed by atoms with Crippen LogP contribution in [0.25, 0.3) is 11.1 Å². The van der Waals surface area contributed by atoms with Crippen LogP contribution in [-0.4, -0.2) is 41.2 Å². The monoisotopic (exact) mass is 342 g/mol. The van der Waals surface area contributed by atoms with Gasteiger partial charge >= 0.3 is 0 Å². The van der Waals surface area contributed by atoms with Crippen LogP contribution in [0.15, 0.2) is 42.5 Å². The number of rotatable bonds is 6. The highest BCUT2D eigenvalue weighted by Crippen LogP contribution is 2.33. The van der Waals surface area contributed by atoms with E-state index in [1.807, 2.05) is 24.3 Å².